The maximum atomic E-state index is 12.6. The fourth-order valence-electron chi connectivity index (χ4n) is 3.97. The third-order valence-electron chi connectivity index (χ3n) is 5.80. The van der Waals surface area contributed by atoms with E-state index >= 15 is 0 Å². The Hall–Kier alpha value is -4.15. The van der Waals surface area contributed by atoms with Crippen molar-refractivity contribution in [1.29, 1.82) is 5.26 Å². The van der Waals surface area contributed by atoms with Gasteiger partial charge in [0.1, 0.15) is 11.8 Å². The molecule has 0 saturated heterocycles. The SMILES string of the molecule is CCOC(=O)[C@H](Cc1ccccc1)NCc1ccc2c(c1)OCC(=O)N2Cc1ccc(C#N)cc1. The number of fused-ring (bicyclic) bond motifs is 1. The highest BCUT2D eigenvalue weighted by molar-refractivity contribution is 5.97. The van der Waals surface area contributed by atoms with E-state index < -0.39 is 6.04 Å². The van der Waals surface area contributed by atoms with Crippen LogP contribution in [0.25, 0.3) is 0 Å². The summed E-state index contributed by atoms with van der Waals surface area (Å²) in [5.74, 6) is 0.205. The number of anilines is 1. The van der Waals surface area contributed by atoms with Crippen LogP contribution in [0.5, 0.6) is 5.75 Å². The molecule has 7 nitrogen and oxygen atoms in total. The Morgan fingerprint density at radius 2 is 1.83 bits per heavy atom. The summed E-state index contributed by atoms with van der Waals surface area (Å²) in [5, 5.41) is 12.3. The number of hydrogen-bond acceptors (Lipinski definition) is 6. The summed E-state index contributed by atoms with van der Waals surface area (Å²) in [6.07, 6.45) is 0.522. The molecule has 1 atom stereocenters. The summed E-state index contributed by atoms with van der Waals surface area (Å²) in [6, 6.07) is 24.3. The monoisotopic (exact) mass is 469 g/mol. The van der Waals surface area contributed by atoms with Crippen molar-refractivity contribution in [3.05, 3.63) is 95.1 Å². The fraction of sp³-hybridized carbons (Fsp3) is 0.250. The van der Waals surface area contributed by atoms with Crippen LogP contribution in [0, 0.1) is 11.3 Å². The van der Waals surface area contributed by atoms with E-state index in [2.05, 4.69) is 11.4 Å². The summed E-state index contributed by atoms with van der Waals surface area (Å²) in [4.78, 5) is 26.8. The van der Waals surface area contributed by atoms with Crippen LogP contribution < -0.4 is 15.0 Å². The Labute approximate surface area is 204 Å². The minimum atomic E-state index is -0.483. The molecule has 0 radical (unpaired) electrons. The third kappa shape index (κ3) is 6.05. The number of amides is 1. The standard InChI is InChI=1S/C28H27N3O4/c1-2-34-28(33)24(14-20-6-4-3-5-7-20)30-17-23-12-13-25-26(15-23)35-19-27(32)31(25)18-22-10-8-21(16-29)9-11-22/h3-13,15,24,30H,2,14,17-19H2,1H3/t24-/m0/s1. The molecule has 178 valence electrons. The van der Waals surface area contributed by atoms with E-state index in [1.807, 2.05) is 60.7 Å². The third-order valence-corrected chi connectivity index (χ3v) is 5.80. The van der Waals surface area contributed by atoms with Gasteiger partial charge in [0.05, 0.1) is 30.5 Å². The van der Waals surface area contributed by atoms with Gasteiger partial charge in [0.15, 0.2) is 6.61 Å². The molecular weight excluding hydrogens is 442 g/mol. The number of rotatable bonds is 9. The molecular formula is C28H27N3O4. The molecule has 0 bridgehead atoms. The van der Waals surface area contributed by atoms with Crippen LogP contribution in [-0.2, 0) is 33.8 Å². The van der Waals surface area contributed by atoms with Crippen molar-refractivity contribution < 1.29 is 19.1 Å². The topological polar surface area (TPSA) is 91.7 Å². The van der Waals surface area contributed by atoms with Crippen LogP contribution in [0.1, 0.15) is 29.2 Å². The van der Waals surface area contributed by atoms with Crippen molar-refractivity contribution in [2.24, 2.45) is 0 Å². The summed E-state index contributed by atoms with van der Waals surface area (Å²) in [7, 11) is 0. The Bertz CT molecular complexity index is 1220. The minimum absolute atomic E-state index is 0.0420. The van der Waals surface area contributed by atoms with E-state index in [0.29, 0.717) is 43.1 Å². The Balaban J connectivity index is 1.47. The van der Waals surface area contributed by atoms with Gasteiger partial charge in [0.25, 0.3) is 5.91 Å². The van der Waals surface area contributed by atoms with Crippen LogP contribution in [0.3, 0.4) is 0 Å². The highest BCUT2D eigenvalue weighted by Gasteiger charge is 2.26. The minimum Gasteiger partial charge on any atom is -0.482 e. The second kappa shape index (κ2) is 11.3. The van der Waals surface area contributed by atoms with Gasteiger partial charge < -0.3 is 19.7 Å². The molecule has 1 aliphatic heterocycles. The lowest BCUT2D eigenvalue weighted by Gasteiger charge is -2.30. The zero-order valence-electron chi connectivity index (χ0n) is 19.6. The molecule has 0 spiro atoms. The molecule has 0 unspecified atom stereocenters. The summed E-state index contributed by atoms with van der Waals surface area (Å²) < 4.78 is 11.0. The lowest BCUT2D eigenvalue weighted by atomic mass is 10.1. The number of benzene rings is 3. The Morgan fingerprint density at radius 3 is 2.54 bits per heavy atom. The first-order valence-corrected chi connectivity index (χ1v) is 11.6. The summed E-state index contributed by atoms with van der Waals surface area (Å²) in [5.41, 5.74) is 4.17. The number of ether oxygens (including phenoxy) is 2. The van der Waals surface area contributed by atoms with Gasteiger partial charge in [-0.05, 0) is 54.3 Å². The molecule has 0 aromatic heterocycles. The predicted molar refractivity (Wildman–Crippen MR) is 132 cm³/mol. The first-order chi connectivity index (χ1) is 17.1. The first kappa shape index (κ1) is 24.0. The van der Waals surface area contributed by atoms with E-state index in [-0.39, 0.29) is 18.5 Å². The van der Waals surface area contributed by atoms with E-state index in [1.54, 1.807) is 24.0 Å². The second-order valence-electron chi connectivity index (χ2n) is 8.25. The zero-order valence-corrected chi connectivity index (χ0v) is 19.6. The second-order valence-corrected chi connectivity index (χ2v) is 8.25. The lowest BCUT2D eigenvalue weighted by molar-refractivity contribution is -0.145. The molecule has 35 heavy (non-hydrogen) atoms. The smallest absolute Gasteiger partial charge is 0.323 e. The van der Waals surface area contributed by atoms with Gasteiger partial charge in [0.2, 0.25) is 0 Å². The fourth-order valence-corrected chi connectivity index (χ4v) is 3.97. The van der Waals surface area contributed by atoms with Crippen molar-refractivity contribution in [3.63, 3.8) is 0 Å². The van der Waals surface area contributed by atoms with Crippen molar-refractivity contribution >= 4 is 17.6 Å². The van der Waals surface area contributed by atoms with Gasteiger partial charge in [-0.15, -0.1) is 0 Å². The van der Waals surface area contributed by atoms with Gasteiger partial charge in [-0.2, -0.15) is 5.26 Å². The predicted octanol–water partition coefficient (Wildman–Crippen LogP) is 3.75. The highest BCUT2D eigenvalue weighted by atomic mass is 16.5. The number of carbonyl (C=O) groups excluding carboxylic acids is 2. The number of nitriles is 1. The largest absolute Gasteiger partial charge is 0.482 e. The van der Waals surface area contributed by atoms with Crippen molar-refractivity contribution in [3.8, 4) is 11.8 Å². The van der Waals surface area contributed by atoms with Crippen LogP contribution in [0.2, 0.25) is 0 Å². The molecule has 3 aromatic rings. The van der Waals surface area contributed by atoms with Gasteiger partial charge in [0, 0.05) is 6.54 Å². The molecule has 4 rings (SSSR count). The van der Waals surface area contributed by atoms with Crippen molar-refractivity contribution in [2.75, 3.05) is 18.1 Å². The van der Waals surface area contributed by atoms with Crippen LogP contribution in [-0.4, -0.2) is 31.1 Å². The number of carbonyl (C=O) groups is 2. The van der Waals surface area contributed by atoms with E-state index in [0.717, 1.165) is 16.7 Å². The lowest BCUT2D eigenvalue weighted by Crippen LogP contribution is -2.40. The first-order valence-electron chi connectivity index (χ1n) is 11.6. The Kier molecular flexibility index (Phi) is 7.76. The van der Waals surface area contributed by atoms with Crippen LogP contribution in [0.15, 0.2) is 72.8 Å². The number of nitrogens with zero attached hydrogens (tertiary/aromatic N) is 2. The van der Waals surface area contributed by atoms with Crippen molar-refractivity contribution in [2.45, 2.75) is 32.5 Å². The van der Waals surface area contributed by atoms with Crippen LogP contribution in [0.4, 0.5) is 5.69 Å². The molecule has 1 aliphatic rings. The molecule has 1 N–H and O–H groups in total. The van der Waals surface area contributed by atoms with E-state index in [4.69, 9.17) is 14.7 Å². The highest BCUT2D eigenvalue weighted by Crippen LogP contribution is 2.34. The molecule has 0 aliphatic carbocycles. The molecule has 0 fully saturated rings. The van der Waals surface area contributed by atoms with Crippen molar-refractivity contribution in [1.82, 2.24) is 5.32 Å². The molecule has 3 aromatic carbocycles. The zero-order chi connectivity index (χ0) is 24.6. The molecule has 1 heterocycles. The molecule has 0 saturated carbocycles. The quantitative estimate of drug-likeness (QED) is 0.480. The maximum Gasteiger partial charge on any atom is 0.323 e. The Morgan fingerprint density at radius 1 is 1.09 bits per heavy atom. The number of hydrogen-bond donors (Lipinski definition) is 1. The van der Waals surface area contributed by atoms with Gasteiger partial charge in [-0.25, -0.2) is 0 Å². The molecule has 7 heteroatoms. The molecule has 1 amide bonds. The average molecular weight is 470 g/mol. The normalized spacial score (nSPS) is 13.4. The summed E-state index contributed by atoms with van der Waals surface area (Å²) >= 11 is 0. The van der Waals surface area contributed by atoms with Gasteiger partial charge in [-0.1, -0.05) is 48.5 Å². The summed E-state index contributed by atoms with van der Waals surface area (Å²) in [6.45, 7) is 2.90. The van der Waals surface area contributed by atoms with Gasteiger partial charge >= 0.3 is 5.97 Å². The van der Waals surface area contributed by atoms with E-state index in [1.165, 1.54) is 0 Å². The average Bonchev–Trinajstić information content (AvgIpc) is 2.89. The van der Waals surface area contributed by atoms with E-state index in [9.17, 15) is 9.59 Å². The number of nitrogens with one attached hydrogen (secondary N) is 1. The van der Waals surface area contributed by atoms with Crippen LogP contribution >= 0.6 is 0 Å². The van der Waals surface area contributed by atoms with Gasteiger partial charge in [-0.3, -0.25) is 9.59 Å². The number of esters is 1. The maximum absolute atomic E-state index is 12.6.